The zero-order valence-corrected chi connectivity index (χ0v) is 49.6. The fourth-order valence-corrected chi connectivity index (χ4v) is 9.86. The molecule has 476 valence electrons. The molecule has 0 bridgehead atoms. The first-order valence-electron chi connectivity index (χ1n) is 31.0. The number of aliphatic hydroxyl groups excluding tert-OH is 11. The van der Waals surface area contributed by atoms with Gasteiger partial charge in [0.05, 0.1) is 38.6 Å². The van der Waals surface area contributed by atoms with Crippen molar-refractivity contribution in [2.75, 3.05) is 26.4 Å². The second-order valence-corrected chi connectivity index (χ2v) is 21.8. The van der Waals surface area contributed by atoms with Crippen LogP contribution in [0, 0.1) is 0 Å². The van der Waals surface area contributed by atoms with Gasteiger partial charge in [0.25, 0.3) is 0 Å². The van der Waals surface area contributed by atoms with E-state index in [1.54, 1.807) is 0 Å². The summed E-state index contributed by atoms with van der Waals surface area (Å²) >= 11 is 0. The van der Waals surface area contributed by atoms with Gasteiger partial charge >= 0.3 is 0 Å². The van der Waals surface area contributed by atoms with Crippen LogP contribution in [-0.4, -0.2) is 193 Å². The summed E-state index contributed by atoms with van der Waals surface area (Å²) in [5, 5.41) is 120. The van der Waals surface area contributed by atoms with Crippen LogP contribution in [0.2, 0.25) is 0 Å². The third kappa shape index (κ3) is 29.3. The minimum absolute atomic E-state index is 0.229. The Hall–Kier alpha value is -3.29. The van der Waals surface area contributed by atoms with Gasteiger partial charge < -0.3 is 89.9 Å². The maximum absolute atomic E-state index is 13.3. The van der Waals surface area contributed by atoms with Crippen LogP contribution in [0.25, 0.3) is 0 Å². The molecule has 0 spiro atoms. The average Bonchev–Trinajstić information content (AvgIpc) is 3.25. The number of ether oxygens (including phenoxy) is 6. The number of aliphatic hydroxyl groups is 11. The number of nitrogens with one attached hydrogen (secondary N) is 1. The lowest BCUT2D eigenvalue weighted by Crippen LogP contribution is -2.66. The Kier molecular flexibility index (Phi) is 40.9. The monoisotopic (exact) mass is 1180 g/mol. The molecule has 0 aromatic rings. The minimum Gasteiger partial charge on any atom is -0.394 e. The van der Waals surface area contributed by atoms with Crippen molar-refractivity contribution in [3.05, 3.63) is 97.2 Å². The van der Waals surface area contributed by atoms with E-state index in [4.69, 9.17) is 28.4 Å². The van der Waals surface area contributed by atoms with Crippen LogP contribution in [-0.2, 0) is 33.2 Å². The Morgan fingerprint density at radius 3 is 1.30 bits per heavy atom. The summed E-state index contributed by atoms with van der Waals surface area (Å²) in [5.74, 6) is -0.275. The van der Waals surface area contributed by atoms with Gasteiger partial charge in [-0.25, -0.2) is 0 Å². The molecule has 0 aromatic heterocycles. The molecule has 17 atom stereocenters. The molecule has 3 fully saturated rings. The van der Waals surface area contributed by atoms with Crippen molar-refractivity contribution in [3.63, 3.8) is 0 Å². The van der Waals surface area contributed by atoms with Gasteiger partial charge in [0.1, 0.15) is 73.2 Å². The van der Waals surface area contributed by atoms with Crippen molar-refractivity contribution in [1.82, 2.24) is 5.32 Å². The van der Waals surface area contributed by atoms with Gasteiger partial charge in [-0.05, 0) is 77.0 Å². The van der Waals surface area contributed by atoms with Gasteiger partial charge in [0, 0.05) is 6.42 Å². The van der Waals surface area contributed by atoms with Crippen LogP contribution < -0.4 is 5.32 Å². The molecule has 3 rings (SSSR count). The van der Waals surface area contributed by atoms with Crippen molar-refractivity contribution >= 4 is 5.91 Å². The zero-order chi connectivity index (χ0) is 60.5. The lowest BCUT2D eigenvalue weighted by molar-refractivity contribution is -0.379. The standard InChI is InChI=1S/C64H107NO18/c1-3-5-7-9-11-13-14-15-16-17-18-19-20-21-22-23-24-25-26-27-28-29-30-31-32-34-36-38-40-42-52(70)65-47(48(69)41-39-37-35-33-12-10-8-6-4-2)46-78-62-58(76)55(73)60(50(44-67)80-62)83-64-59(77)56(74)61(51(45-68)81-64)82-63-57(75)54(72)53(71)49(43-66)79-63/h5,7,11,13,15-16,18-19,21-22,24-25,27-28,30-31,47-51,53-64,66-69,71-77H,3-4,6,8-10,12,14,17,20,23,26,29,32-46H2,1-2H3,(H,65,70)/b7-5-,13-11-,16-15-,19-18-,22-21-,25-24-,28-27-,31-30-. The van der Waals surface area contributed by atoms with Gasteiger partial charge in [-0.3, -0.25) is 4.79 Å². The fraction of sp³-hybridized carbons (Fsp3) is 0.734. The highest BCUT2D eigenvalue weighted by atomic mass is 16.8. The van der Waals surface area contributed by atoms with Crippen molar-refractivity contribution in [2.24, 2.45) is 0 Å². The molecule has 1 amide bonds. The number of hydrogen-bond donors (Lipinski definition) is 12. The second kappa shape index (κ2) is 45.9. The summed E-state index contributed by atoms with van der Waals surface area (Å²) in [6, 6.07) is -0.906. The minimum atomic E-state index is -1.98. The first-order valence-corrected chi connectivity index (χ1v) is 31.0. The highest BCUT2D eigenvalue weighted by molar-refractivity contribution is 5.76. The van der Waals surface area contributed by atoms with Crippen LogP contribution >= 0.6 is 0 Å². The molecule has 3 aliphatic heterocycles. The topological polar surface area (TPSA) is 307 Å². The Morgan fingerprint density at radius 2 is 0.831 bits per heavy atom. The predicted molar refractivity (Wildman–Crippen MR) is 318 cm³/mol. The quantitative estimate of drug-likeness (QED) is 0.0241. The number of carbonyl (C=O) groups is 1. The largest absolute Gasteiger partial charge is 0.394 e. The highest BCUT2D eigenvalue weighted by Gasteiger charge is 2.53. The SMILES string of the molecule is CC/C=C\C/C=C\C/C=C\C/C=C\C/C=C\C/C=C\C/C=C\C/C=C\CCCCCCC(=O)NC(COC1OC(CO)C(OC2OC(CO)C(OC3OC(CO)C(O)C(O)C3O)C(O)C2O)C(O)C1O)C(O)CCCCCCCCCCC. The highest BCUT2D eigenvalue weighted by Crippen LogP contribution is 2.33. The molecule has 0 saturated carbocycles. The maximum Gasteiger partial charge on any atom is 0.220 e. The van der Waals surface area contributed by atoms with E-state index in [2.05, 4.69) is 116 Å². The van der Waals surface area contributed by atoms with Gasteiger partial charge in [0.2, 0.25) is 5.91 Å². The molecular formula is C64H107NO18. The average molecular weight is 1180 g/mol. The summed E-state index contributed by atoms with van der Waals surface area (Å²) in [6.07, 6.45) is 30.8. The van der Waals surface area contributed by atoms with Crippen LogP contribution in [0.15, 0.2) is 97.2 Å². The third-order valence-electron chi connectivity index (χ3n) is 14.9. The van der Waals surface area contributed by atoms with E-state index in [-0.39, 0.29) is 18.9 Å². The lowest BCUT2D eigenvalue weighted by Gasteiger charge is -2.48. The van der Waals surface area contributed by atoms with Crippen LogP contribution in [0.4, 0.5) is 0 Å². The molecule has 19 heteroatoms. The van der Waals surface area contributed by atoms with Crippen LogP contribution in [0.5, 0.6) is 0 Å². The van der Waals surface area contributed by atoms with E-state index in [1.165, 1.54) is 25.7 Å². The van der Waals surface area contributed by atoms with Crippen molar-refractivity contribution in [3.8, 4) is 0 Å². The van der Waals surface area contributed by atoms with Crippen molar-refractivity contribution < 1.29 is 89.4 Å². The lowest BCUT2D eigenvalue weighted by atomic mass is 9.96. The summed E-state index contributed by atoms with van der Waals surface area (Å²) in [4.78, 5) is 13.3. The number of carbonyl (C=O) groups excluding carboxylic acids is 1. The molecule has 19 nitrogen and oxygen atoms in total. The molecule has 12 N–H and O–H groups in total. The Bertz CT molecular complexity index is 1890. The summed E-state index contributed by atoms with van der Waals surface area (Å²) in [7, 11) is 0. The van der Waals surface area contributed by atoms with Crippen LogP contribution in [0.1, 0.15) is 168 Å². The smallest absolute Gasteiger partial charge is 0.220 e. The molecule has 0 aliphatic carbocycles. The Labute approximate surface area is 494 Å². The molecule has 3 heterocycles. The predicted octanol–water partition coefficient (Wildman–Crippen LogP) is 6.15. The van der Waals surface area contributed by atoms with E-state index < -0.39 is 124 Å². The number of rotatable bonds is 44. The Morgan fingerprint density at radius 1 is 0.446 bits per heavy atom. The van der Waals surface area contributed by atoms with Gasteiger partial charge in [-0.2, -0.15) is 0 Å². The summed E-state index contributed by atoms with van der Waals surface area (Å²) < 4.78 is 34.2. The summed E-state index contributed by atoms with van der Waals surface area (Å²) in [5.41, 5.74) is 0. The van der Waals surface area contributed by atoms with Gasteiger partial charge in [-0.1, -0.05) is 182 Å². The van der Waals surface area contributed by atoms with E-state index in [0.717, 1.165) is 103 Å². The van der Waals surface area contributed by atoms with Crippen LogP contribution in [0.3, 0.4) is 0 Å². The molecule has 17 unspecified atom stereocenters. The number of amides is 1. The molecular weight excluding hydrogens is 1070 g/mol. The Balaban J connectivity index is 1.42. The number of allylic oxidation sites excluding steroid dienone is 16. The van der Waals surface area contributed by atoms with Crippen molar-refractivity contribution in [2.45, 2.75) is 272 Å². The molecule has 0 radical (unpaired) electrons. The van der Waals surface area contributed by atoms with Crippen molar-refractivity contribution in [1.29, 1.82) is 0 Å². The van der Waals surface area contributed by atoms with E-state index in [1.807, 2.05) is 0 Å². The van der Waals surface area contributed by atoms with E-state index >= 15 is 0 Å². The number of unbranched alkanes of at least 4 members (excludes halogenated alkanes) is 12. The normalized spacial score (nSPS) is 30.1. The fourth-order valence-electron chi connectivity index (χ4n) is 9.86. The van der Waals surface area contributed by atoms with Gasteiger partial charge in [-0.15, -0.1) is 0 Å². The molecule has 3 saturated heterocycles. The molecule has 0 aromatic carbocycles. The molecule has 3 aliphatic rings. The second-order valence-electron chi connectivity index (χ2n) is 21.8. The van der Waals surface area contributed by atoms with E-state index in [9.17, 15) is 61.0 Å². The first-order chi connectivity index (χ1) is 40.3. The maximum atomic E-state index is 13.3. The van der Waals surface area contributed by atoms with Gasteiger partial charge in [0.15, 0.2) is 18.9 Å². The zero-order valence-electron chi connectivity index (χ0n) is 49.6. The summed E-state index contributed by atoms with van der Waals surface area (Å²) in [6.45, 7) is 1.59. The third-order valence-corrected chi connectivity index (χ3v) is 14.9. The number of hydrogen-bond acceptors (Lipinski definition) is 18. The van der Waals surface area contributed by atoms with E-state index in [0.29, 0.717) is 19.3 Å². The molecule has 83 heavy (non-hydrogen) atoms. The first kappa shape index (κ1) is 74.0.